The minimum atomic E-state index is -1.10. The summed E-state index contributed by atoms with van der Waals surface area (Å²) in [5.74, 6) is -2.93. The Bertz CT molecular complexity index is 188. The van der Waals surface area contributed by atoms with Crippen LogP contribution in [0.2, 0.25) is 0 Å². The van der Waals surface area contributed by atoms with Gasteiger partial charge in [0.1, 0.15) is 0 Å². The van der Waals surface area contributed by atoms with Crippen LogP contribution in [0.3, 0.4) is 0 Å². The summed E-state index contributed by atoms with van der Waals surface area (Å²) in [6.07, 6.45) is 0. The van der Waals surface area contributed by atoms with E-state index >= 15 is 0 Å². The lowest BCUT2D eigenvalue weighted by Crippen LogP contribution is -2.45. The van der Waals surface area contributed by atoms with Crippen molar-refractivity contribution in [2.75, 3.05) is 0 Å². The van der Waals surface area contributed by atoms with Gasteiger partial charge in [-0.2, -0.15) is 0 Å². The van der Waals surface area contributed by atoms with Crippen molar-refractivity contribution in [3.63, 3.8) is 0 Å². The van der Waals surface area contributed by atoms with Crippen LogP contribution in [-0.4, -0.2) is 17.7 Å². The van der Waals surface area contributed by atoms with Crippen LogP contribution >= 0.6 is 0 Å². The predicted octanol–water partition coefficient (Wildman–Crippen LogP) is 1.48. The highest BCUT2D eigenvalue weighted by atomic mass is 16.7. The van der Waals surface area contributed by atoms with Gasteiger partial charge in [-0.05, 0) is 6.92 Å². The van der Waals surface area contributed by atoms with Crippen LogP contribution in [0.15, 0.2) is 0 Å². The van der Waals surface area contributed by atoms with Crippen LogP contribution in [0.4, 0.5) is 0 Å². The summed E-state index contributed by atoms with van der Waals surface area (Å²) in [7, 11) is 0. The van der Waals surface area contributed by atoms with E-state index in [1.54, 1.807) is 0 Å². The minimum absolute atomic E-state index is 0.522. The Balaban J connectivity index is 0.000000671. The molecule has 76 valence electrons. The van der Waals surface area contributed by atoms with E-state index in [-0.39, 0.29) is 0 Å². The maximum atomic E-state index is 10.9. The summed E-state index contributed by atoms with van der Waals surface area (Å²) in [5, 5.41) is 0. The van der Waals surface area contributed by atoms with E-state index in [1.807, 2.05) is 13.8 Å². The topological polar surface area (TPSA) is 52.6 Å². The second kappa shape index (κ2) is 4.25. The van der Waals surface area contributed by atoms with Gasteiger partial charge in [-0.1, -0.05) is 13.8 Å². The van der Waals surface area contributed by atoms with Gasteiger partial charge in [-0.15, -0.1) is 0 Å². The summed E-state index contributed by atoms with van der Waals surface area (Å²) >= 11 is 0. The third-order valence-electron chi connectivity index (χ3n) is 1.40. The average Bonchev–Trinajstić information content (AvgIpc) is 2.02. The summed E-state index contributed by atoms with van der Waals surface area (Å²) < 4.78 is 9.55. The maximum absolute atomic E-state index is 10.9. The van der Waals surface area contributed by atoms with Gasteiger partial charge in [0, 0.05) is 13.8 Å². The molecule has 13 heavy (non-hydrogen) atoms. The van der Waals surface area contributed by atoms with Crippen LogP contribution in [0.25, 0.3) is 0 Å². The quantitative estimate of drug-likeness (QED) is 0.427. The third-order valence-corrected chi connectivity index (χ3v) is 1.40. The predicted molar refractivity (Wildman–Crippen MR) is 46.8 cm³/mol. The van der Waals surface area contributed by atoms with Crippen molar-refractivity contribution in [3.05, 3.63) is 0 Å². The van der Waals surface area contributed by atoms with Gasteiger partial charge in [0.25, 0.3) is 5.79 Å². The van der Waals surface area contributed by atoms with Gasteiger partial charge in [0.05, 0.1) is 0 Å². The van der Waals surface area contributed by atoms with E-state index in [1.165, 1.54) is 20.8 Å². The van der Waals surface area contributed by atoms with Crippen molar-refractivity contribution in [1.29, 1.82) is 0 Å². The van der Waals surface area contributed by atoms with E-state index in [2.05, 4.69) is 0 Å². The molecule has 0 atom stereocenters. The number of rotatable bonds is 0. The van der Waals surface area contributed by atoms with Crippen LogP contribution in [-0.2, 0) is 19.1 Å². The van der Waals surface area contributed by atoms with Gasteiger partial charge in [0.15, 0.2) is 5.92 Å². The van der Waals surface area contributed by atoms with Crippen molar-refractivity contribution in [3.8, 4) is 0 Å². The smallest absolute Gasteiger partial charge is 0.323 e. The molecule has 0 aliphatic carbocycles. The van der Waals surface area contributed by atoms with E-state index in [9.17, 15) is 9.59 Å². The molecule has 1 heterocycles. The Kier molecular flexibility index (Phi) is 3.91. The van der Waals surface area contributed by atoms with Crippen LogP contribution in [0.5, 0.6) is 0 Å². The summed E-state index contributed by atoms with van der Waals surface area (Å²) in [6.45, 7) is 8.50. The van der Waals surface area contributed by atoms with Crippen LogP contribution in [0, 0.1) is 5.92 Å². The van der Waals surface area contributed by atoms with Crippen molar-refractivity contribution < 1.29 is 19.1 Å². The highest BCUT2D eigenvalue weighted by molar-refractivity contribution is 5.96. The van der Waals surface area contributed by atoms with Crippen molar-refractivity contribution >= 4 is 11.9 Å². The zero-order valence-corrected chi connectivity index (χ0v) is 8.71. The summed E-state index contributed by atoms with van der Waals surface area (Å²) in [5.41, 5.74) is 0. The summed E-state index contributed by atoms with van der Waals surface area (Å²) in [4.78, 5) is 21.8. The molecular weight excluding hydrogens is 172 g/mol. The van der Waals surface area contributed by atoms with Crippen molar-refractivity contribution in [2.45, 2.75) is 40.4 Å². The fraction of sp³-hybridized carbons (Fsp3) is 0.778. The van der Waals surface area contributed by atoms with E-state index in [0.717, 1.165) is 0 Å². The largest absolute Gasteiger partial charge is 0.422 e. The number of hydrogen-bond acceptors (Lipinski definition) is 4. The molecule has 4 nitrogen and oxygen atoms in total. The number of esters is 2. The lowest BCUT2D eigenvalue weighted by molar-refractivity contribution is -0.238. The SMILES string of the molecule is CC.CC1C(=O)OC(C)(C)OC1=O. The highest BCUT2D eigenvalue weighted by Gasteiger charge is 2.40. The number of cyclic esters (lactones) is 2. The number of carbonyl (C=O) groups excluding carboxylic acids is 2. The first-order valence-corrected chi connectivity index (χ1v) is 4.38. The number of carbonyl (C=O) groups is 2. The van der Waals surface area contributed by atoms with Gasteiger partial charge in [-0.25, -0.2) is 0 Å². The Morgan fingerprint density at radius 1 is 1.08 bits per heavy atom. The molecule has 0 aromatic heterocycles. The second-order valence-electron chi connectivity index (χ2n) is 2.96. The molecule has 4 heteroatoms. The highest BCUT2D eigenvalue weighted by Crippen LogP contribution is 2.22. The molecule has 1 fully saturated rings. The third kappa shape index (κ3) is 3.05. The van der Waals surface area contributed by atoms with Crippen LogP contribution < -0.4 is 0 Å². The zero-order chi connectivity index (χ0) is 10.6. The van der Waals surface area contributed by atoms with E-state index in [4.69, 9.17) is 9.47 Å². The lowest BCUT2D eigenvalue weighted by Gasteiger charge is -2.31. The zero-order valence-electron chi connectivity index (χ0n) is 8.71. The molecule has 1 rings (SSSR count). The Labute approximate surface area is 78.2 Å². The molecule has 0 aromatic carbocycles. The van der Waals surface area contributed by atoms with Crippen LogP contribution in [0.1, 0.15) is 34.6 Å². The molecule has 0 N–H and O–H groups in total. The number of hydrogen-bond donors (Lipinski definition) is 0. The fourth-order valence-corrected chi connectivity index (χ4v) is 0.778. The lowest BCUT2D eigenvalue weighted by atomic mass is 10.1. The normalized spacial score (nSPS) is 21.0. The summed E-state index contributed by atoms with van der Waals surface area (Å²) in [6, 6.07) is 0. The van der Waals surface area contributed by atoms with E-state index < -0.39 is 23.6 Å². The molecule has 0 radical (unpaired) electrons. The molecule has 1 saturated heterocycles. The molecule has 0 aromatic rings. The minimum Gasteiger partial charge on any atom is -0.422 e. The maximum Gasteiger partial charge on any atom is 0.323 e. The first-order valence-electron chi connectivity index (χ1n) is 4.38. The molecular formula is C9H16O4. The monoisotopic (exact) mass is 188 g/mol. The van der Waals surface area contributed by atoms with Gasteiger partial charge in [-0.3, -0.25) is 9.59 Å². The molecule has 1 aliphatic heterocycles. The van der Waals surface area contributed by atoms with Gasteiger partial charge in [0.2, 0.25) is 0 Å². The molecule has 0 bridgehead atoms. The first-order chi connectivity index (χ1) is 5.92. The van der Waals surface area contributed by atoms with Crippen molar-refractivity contribution in [1.82, 2.24) is 0 Å². The first kappa shape index (κ1) is 11.9. The van der Waals surface area contributed by atoms with E-state index in [0.29, 0.717) is 0 Å². The standard InChI is InChI=1S/C7H10O4.C2H6/c1-4-5(8)10-7(2,3)11-6(4)9;1-2/h4H,1-3H3;1-2H3. The fourth-order valence-electron chi connectivity index (χ4n) is 0.778. The molecule has 0 spiro atoms. The Morgan fingerprint density at radius 3 is 1.69 bits per heavy atom. The molecule has 1 aliphatic rings. The van der Waals surface area contributed by atoms with Crippen molar-refractivity contribution in [2.24, 2.45) is 5.92 Å². The Morgan fingerprint density at radius 2 is 1.38 bits per heavy atom. The average molecular weight is 188 g/mol. The van der Waals surface area contributed by atoms with Gasteiger partial charge < -0.3 is 9.47 Å². The second-order valence-corrected chi connectivity index (χ2v) is 2.96. The number of ether oxygens (including phenoxy) is 2. The van der Waals surface area contributed by atoms with Gasteiger partial charge >= 0.3 is 11.9 Å². The molecule has 0 unspecified atom stereocenters. The Hall–Kier alpha value is -1.06. The molecule has 0 saturated carbocycles. The molecule has 0 amide bonds.